The van der Waals surface area contributed by atoms with Crippen LogP contribution in [0.5, 0.6) is 5.75 Å². The topological polar surface area (TPSA) is 75.9 Å². The molecule has 1 fully saturated rings. The summed E-state index contributed by atoms with van der Waals surface area (Å²) in [5.41, 5.74) is -0.158. The van der Waals surface area contributed by atoms with E-state index < -0.39 is 16.7 Å². The standard InChI is InChI=1S/C20H20F3N3O4/c21-20(22,23)16-3-1-2-15(12-16)13-24-8-10-25(11-9-24)19(27)14-30-18-6-4-17(5-7-18)26(28)29/h1-7,12H,8-11,13-14H2. The summed E-state index contributed by atoms with van der Waals surface area (Å²) in [6.45, 7) is 2.17. The third-order valence-electron chi connectivity index (χ3n) is 4.80. The first kappa shape index (κ1) is 21.6. The molecule has 10 heteroatoms. The van der Waals surface area contributed by atoms with Gasteiger partial charge in [-0.3, -0.25) is 19.8 Å². The van der Waals surface area contributed by atoms with E-state index in [-0.39, 0.29) is 18.2 Å². The number of ether oxygens (including phenoxy) is 1. The number of rotatable bonds is 6. The summed E-state index contributed by atoms with van der Waals surface area (Å²) in [7, 11) is 0. The molecule has 2 aromatic carbocycles. The number of hydrogen-bond donors (Lipinski definition) is 0. The van der Waals surface area contributed by atoms with Crippen LogP contribution in [0.1, 0.15) is 11.1 Å². The van der Waals surface area contributed by atoms with Crippen LogP contribution in [-0.2, 0) is 17.5 Å². The number of benzene rings is 2. The van der Waals surface area contributed by atoms with Crippen molar-refractivity contribution in [3.63, 3.8) is 0 Å². The zero-order valence-corrected chi connectivity index (χ0v) is 16.0. The van der Waals surface area contributed by atoms with E-state index in [0.29, 0.717) is 44.0 Å². The first-order chi connectivity index (χ1) is 14.2. The summed E-state index contributed by atoms with van der Waals surface area (Å²) < 4.78 is 43.9. The van der Waals surface area contributed by atoms with Crippen molar-refractivity contribution in [3.05, 3.63) is 69.8 Å². The molecule has 0 bridgehead atoms. The van der Waals surface area contributed by atoms with Crippen LogP contribution >= 0.6 is 0 Å². The van der Waals surface area contributed by atoms with Crippen LogP contribution < -0.4 is 4.74 Å². The molecule has 0 aromatic heterocycles. The molecule has 7 nitrogen and oxygen atoms in total. The van der Waals surface area contributed by atoms with E-state index in [1.165, 1.54) is 30.3 Å². The molecule has 0 saturated carbocycles. The van der Waals surface area contributed by atoms with Gasteiger partial charge in [0.05, 0.1) is 10.5 Å². The van der Waals surface area contributed by atoms with E-state index in [0.717, 1.165) is 12.1 Å². The summed E-state index contributed by atoms with van der Waals surface area (Å²) in [6, 6.07) is 10.7. The van der Waals surface area contributed by atoms with Crippen molar-refractivity contribution < 1.29 is 27.6 Å². The number of hydrogen-bond acceptors (Lipinski definition) is 5. The Morgan fingerprint density at radius 1 is 1.07 bits per heavy atom. The van der Waals surface area contributed by atoms with Gasteiger partial charge in [0.1, 0.15) is 5.75 Å². The van der Waals surface area contributed by atoms with Gasteiger partial charge in [-0.15, -0.1) is 0 Å². The maximum atomic E-state index is 12.8. The minimum atomic E-state index is -4.37. The second-order valence-electron chi connectivity index (χ2n) is 6.89. The highest BCUT2D eigenvalue weighted by Crippen LogP contribution is 2.29. The highest BCUT2D eigenvalue weighted by molar-refractivity contribution is 5.77. The zero-order valence-electron chi connectivity index (χ0n) is 16.0. The van der Waals surface area contributed by atoms with Gasteiger partial charge in [-0.05, 0) is 23.8 Å². The predicted molar refractivity (Wildman–Crippen MR) is 102 cm³/mol. The van der Waals surface area contributed by atoms with Gasteiger partial charge in [-0.1, -0.05) is 18.2 Å². The Balaban J connectivity index is 1.46. The average molecular weight is 423 g/mol. The Morgan fingerprint density at radius 3 is 2.33 bits per heavy atom. The lowest BCUT2D eigenvalue weighted by atomic mass is 10.1. The van der Waals surface area contributed by atoms with Crippen molar-refractivity contribution in [2.24, 2.45) is 0 Å². The van der Waals surface area contributed by atoms with Crippen molar-refractivity contribution in [2.75, 3.05) is 32.8 Å². The minimum Gasteiger partial charge on any atom is -0.484 e. The Bertz CT molecular complexity index is 895. The summed E-state index contributed by atoms with van der Waals surface area (Å²) in [4.78, 5) is 26.1. The highest BCUT2D eigenvalue weighted by Gasteiger charge is 2.30. The number of carbonyl (C=O) groups is 1. The fourth-order valence-corrected chi connectivity index (χ4v) is 3.16. The highest BCUT2D eigenvalue weighted by atomic mass is 19.4. The Morgan fingerprint density at radius 2 is 1.73 bits per heavy atom. The van der Waals surface area contributed by atoms with Gasteiger partial charge in [-0.25, -0.2) is 0 Å². The molecule has 1 amide bonds. The van der Waals surface area contributed by atoms with Gasteiger partial charge in [0, 0.05) is 44.9 Å². The molecular formula is C20H20F3N3O4. The van der Waals surface area contributed by atoms with Gasteiger partial charge in [-0.2, -0.15) is 13.2 Å². The molecule has 0 unspecified atom stereocenters. The van der Waals surface area contributed by atoms with Crippen LogP contribution in [-0.4, -0.2) is 53.4 Å². The Labute approximate surface area is 170 Å². The van der Waals surface area contributed by atoms with Crippen LogP contribution in [0.4, 0.5) is 18.9 Å². The smallest absolute Gasteiger partial charge is 0.416 e. The lowest BCUT2D eigenvalue weighted by Gasteiger charge is -2.34. The molecule has 160 valence electrons. The summed E-state index contributed by atoms with van der Waals surface area (Å²) in [5.74, 6) is 0.143. The van der Waals surface area contributed by atoms with E-state index in [9.17, 15) is 28.1 Å². The van der Waals surface area contributed by atoms with Gasteiger partial charge in [0.15, 0.2) is 6.61 Å². The normalized spacial score (nSPS) is 15.1. The summed E-state index contributed by atoms with van der Waals surface area (Å²) in [6.07, 6.45) is -4.37. The maximum absolute atomic E-state index is 12.8. The first-order valence-corrected chi connectivity index (χ1v) is 9.26. The zero-order chi connectivity index (χ0) is 21.7. The summed E-state index contributed by atoms with van der Waals surface area (Å²) >= 11 is 0. The molecule has 30 heavy (non-hydrogen) atoms. The molecule has 1 aliphatic rings. The van der Waals surface area contributed by atoms with Gasteiger partial charge in [0.25, 0.3) is 11.6 Å². The predicted octanol–water partition coefficient (Wildman–Crippen LogP) is 3.34. The third-order valence-corrected chi connectivity index (χ3v) is 4.80. The van der Waals surface area contributed by atoms with E-state index in [1.54, 1.807) is 11.0 Å². The second kappa shape index (κ2) is 9.12. The monoisotopic (exact) mass is 423 g/mol. The fourth-order valence-electron chi connectivity index (χ4n) is 3.16. The van der Waals surface area contributed by atoms with Crippen LogP contribution in [0.25, 0.3) is 0 Å². The molecule has 0 N–H and O–H groups in total. The lowest BCUT2D eigenvalue weighted by molar-refractivity contribution is -0.384. The quantitative estimate of drug-likeness (QED) is 0.526. The van der Waals surface area contributed by atoms with Gasteiger partial charge in [0.2, 0.25) is 0 Å². The largest absolute Gasteiger partial charge is 0.484 e. The van der Waals surface area contributed by atoms with Crippen molar-refractivity contribution in [2.45, 2.75) is 12.7 Å². The number of halogens is 3. The van der Waals surface area contributed by atoms with Crippen molar-refractivity contribution in [1.29, 1.82) is 0 Å². The van der Waals surface area contributed by atoms with E-state index in [4.69, 9.17) is 4.74 Å². The minimum absolute atomic E-state index is 0.0643. The van der Waals surface area contributed by atoms with Crippen LogP contribution in [0.15, 0.2) is 48.5 Å². The fraction of sp³-hybridized carbons (Fsp3) is 0.350. The number of nitrogens with zero attached hydrogens (tertiary/aromatic N) is 3. The molecule has 1 heterocycles. The van der Waals surface area contributed by atoms with Crippen LogP contribution in [0.3, 0.4) is 0 Å². The molecule has 0 spiro atoms. The lowest BCUT2D eigenvalue weighted by Crippen LogP contribution is -2.49. The van der Waals surface area contributed by atoms with E-state index in [2.05, 4.69) is 0 Å². The summed E-state index contributed by atoms with van der Waals surface area (Å²) in [5, 5.41) is 10.6. The number of piperazine rings is 1. The molecule has 0 aliphatic carbocycles. The number of carbonyl (C=O) groups excluding carboxylic acids is 1. The molecular weight excluding hydrogens is 403 g/mol. The second-order valence-corrected chi connectivity index (χ2v) is 6.89. The third kappa shape index (κ3) is 5.69. The number of alkyl halides is 3. The van der Waals surface area contributed by atoms with Gasteiger partial charge < -0.3 is 9.64 Å². The van der Waals surface area contributed by atoms with Crippen molar-refractivity contribution in [1.82, 2.24) is 9.80 Å². The number of non-ortho nitro benzene ring substituents is 1. The van der Waals surface area contributed by atoms with Crippen LogP contribution in [0.2, 0.25) is 0 Å². The number of nitro groups is 1. The molecule has 0 atom stereocenters. The van der Waals surface area contributed by atoms with Crippen LogP contribution in [0, 0.1) is 10.1 Å². The molecule has 3 rings (SSSR count). The van der Waals surface area contributed by atoms with Crippen molar-refractivity contribution in [3.8, 4) is 5.75 Å². The number of nitro benzene ring substituents is 1. The Hall–Kier alpha value is -3.14. The number of amides is 1. The van der Waals surface area contributed by atoms with Gasteiger partial charge >= 0.3 is 6.18 Å². The SMILES string of the molecule is O=C(COc1ccc([N+](=O)[O-])cc1)N1CCN(Cc2cccc(C(F)(F)F)c2)CC1. The Kier molecular flexibility index (Phi) is 6.56. The maximum Gasteiger partial charge on any atom is 0.416 e. The van der Waals surface area contributed by atoms with E-state index in [1.807, 2.05) is 4.90 Å². The first-order valence-electron chi connectivity index (χ1n) is 9.26. The molecule has 2 aromatic rings. The molecule has 0 radical (unpaired) electrons. The molecule has 1 aliphatic heterocycles. The molecule has 1 saturated heterocycles. The van der Waals surface area contributed by atoms with E-state index >= 15 is 0 Å². The van der Waals surface area contributed by atoms with Crippen molar-refractivity contribution >= 4 is 11.6 Å². The average Bonchev–Trinajstić information content (AvgIpc) is 2.72.